The minimum absolute atomic E-state index is 0.0874. The molecule has 124 valence electrons. The van der Waals surface area contributed by atoms with Crippen LogP contribution in [0.3, 0.4) is 0 Å². The maximum absolute atomic E-state index is 11.9. The van der Waals surface area contributed by atoms with Gasteiger partial charge in [-0.1, -0.05) is 34.7 Å². The van der Waals surface area contributed by atoms with Gasteiger partial charge in [-0.2, -0.15) is 0 Å². The lowest BCUT2D eigenvalue weighted by Crippen LogP contribution is -2.24. The monoisotopic (exact) mass is 397 g/mol. The molecule has 1 N–H and O–H groups in total. The highest BCUT2D eigenvalue weighted by Crippen LogP contribution is 2.24. The summed E-state index contributed by atoms with van der Waals surface area (Å²) in [5.41, 5.74) is 0.842. The van der Waals surface area contributed by atoms with E-state index in [4.69, 9.17) is 28.2 Å². The Morgan fingerprint density at radius 2 is 2.17 bits per heavy atom. The molecule has 0 aliphatic heterocycles. The predicted molar refractivity (Wildman–Crippen MR) is 98.6 cm³/mol. The van der Waals surface area contributed by atoms with E-state index in [1.54, 1.807) is 29.1 Å². The summed E-state index contributed by atoms with van der Waals surface area (Å²) in [6.45, 7) is 0.376. The van der Waals surface area contributed by atoms with Gasteiger partial charge in [-0.25, -0.2) is 4.68 Å². The van der Waals surface area contributed by atoms with Crippen LogP contribution in [0.15, 0.2) is 51.4 Å². The smallest absolute Gasteiger partial charge is 0.230 e. The van der Waals surface area contributed by atoms with Gasteiger partial charge in [0.05, 0.1) is 24.2 Å². The number of carbonyl (C=O) groups is 1. The van der Waals surface area contributed by atoms with Gasteiger partial charge in [0.25, 0.3) is 0 Å². The maximum atomic E-state index is 11.9. The van der Waals surface area contributed by atoms with Gasteiger partial charge in [0.1, 0.15) is 5.76 Å². The molecule has 3 rings (SSSR count). The van der Waals surface area contributed by atoms with Crippen LogP contribution in [0.5, 0.6) is 0 Å². The Morgan fingerprint density at radius 1 is 1.38 bits per heavy atom. The number of nitrogens with one attached hydrogen (secondary N) is 1. The Balaban J connectivity index is 1.58. The molecule has 0 aliphatic rings. The molecule has 1 aromatic carbocycles. The molecular weight excluding hydrogens is 386 g/mol. The van der Waals surface area contributed by atoms with Crippen molar-refractivity contribution in [1.82, 2.24) is 15.1 Å². The molecule has 0 radical (unpaired) electrons. The van der Waals surface area contributed by atoms with E-state index >= 15 is 0 Å². The van der Waals surface area contributed by atoms with Crippen LogP contribution in [0.4, 0.5) is 0 Å². The molecule has 9 heteroatoms. The second-order valence-corrected chi connectivity index (χ2v) is 7.95. The number of rotatable bonds is 6. The number of nitrogens with zero attached hydrogens (tertiary/aromatic N) is 2. The first-order chi connectivity index (χ1) is 11.6. The minimum Gasteiger partial charge on any atom is -0.467 e. The molecule has 3 aromatic rings. The molecule has 0 spiro atoms. The Morgan fingerprint density at radius 3 is 2.88 bits per heavy atom. The van der Waals surface area contributed by atoms with Crippen LogP contribution in [0, 0.1) is 3.95 Å². The second kappa shape index (κ2) is 7.98. The number of hydrogen-bond acceptors (Lipinski definition) is 6. The molecule has 0 fully saturated rings. The van der Waals surface area contributed by atoms with Gasteiger partial charge >= 0.3 is 0 Å². The Bertz CT molecular complexity index is 872. The largest absolute Gasteiger partial charge is 0.467 e. The number of carbonyl (C=O) groups excluding carboxylic acids is 1. The van der Waals surface area contributed by atoms with Crippen LogP contribution in [0.2, 0.25) is 5.02 Å². The van der Waals surface area contributed by atoms with Crippen molar-refractivity contribution in [2.75, 3.05) is 5.75 Å². The topological polar surface area (TPSA) is 60.1 Å². The van der Waals surface area contributed by atoms with Crippen LogP contribution < -0.4 is 5.32 Å². The lowest BCUT2D eigenvalue weighted by Gasteiger charge is -2.02. The standard InChI is InChI=1S/C15H12ClN3O2S3/c16-10-3-5-11(6-4-10)19-15(22)24-14(18-19)23-9-13(20)17-8-12-2-1-7-21-12/h1-7H,8-9H2,(H,17,20). The van der Waals surface area contributed by atoms with Gasteiger partial charge in [0.2, 0.25) is 5.91 Å². The lowest BCUT2D eigenvalue weighted by molar-refractivity contribution is -0.118. The highest BCUT2D eigenvalue weighted by atomic mass is 35.5. The first-order valence-electron chi connectivity index (χ1n) is 6.90. The van der Waals surface area contributed by atoms with Crippen molar-refractivity contribution in [1.29, 1.82) is 0 Å². The van der Waals surface area contributed by atoms with Gasteiger partial charge in [-0.15, -0.1) is 5.10 Å². The van der Waals surface area contributed by atoms with E-state index in [0.29, 0.717) is 15.5 Å². The van der Waals surface area contributed by atoms with Crippen molar-refractivity contribution in [3.63, 3.8) is 0 Å². The first kappa shape index (κ1) is 17.2. The number of amides is 1. The normalized spacial score (nSPS) is 10.7. The summed E-state index contributed by atoms with van der Waals surface area (Å²) in [6, 6.07) is 10.9. The molecule has 2 heterocycles. The Hall–Kier alpha value is -1.61. The van der Waals surface area contributed by atoms with Crippen molar-refractivity contribution in [2.45, 2.75) is 10.9 Å². The van der Waals surface area contributed by atoms with Gasteiger partial charge in [0, 0.05) is 5.02 Å². The Labute approximate surface area is 156 Å². The predicted octanol–water partition coefficient (Wildman–Crippen LogP) is 4.32. The first-order valence-corrected chi connectivity index (χ1v) is 9.48. The molecule has 0 aliphatic carbocycles. The Kier molecular flexibility index (Phi) is 5.72. The van der Waals surface area contributed by atoms with Crippen LogP contribution >= 0.6 is 46.9 Å². The fraction of sp³-hybridized carbons (Fsp3) is 0.133. The molecule has 24 heavy (non-hydrogen) atoms. The average Bonchev–Trinajstić information content (AvgIpc) is 3.21. The molecule has 2 aromatic heterocycles. The molecule has 0 bridgehead atoms. The van der Waals surface area contributed by atoms with E-state index < -0.39 is 0 Å². The number of aromatic nitrogens is 2. The molecule has 0 saturated heterocycles. The van der Waals surface area contributed by atoms with Gasteiger partial charge in [0.15, 0.2) is 8.29 Å². The summed E-state index contributed by atoms with van der Waals surface area (Å²) in [6.07, 6.45) is 1.58. The van der Waals surface area contributed by atoms with E-state index in [1.165, 1.54) is 23.1 Å². The summed E-state index contributed by atoms with van der Waals surface area (Å²) < 4.78 is 8.19. The fourth-order valence-electron chi connectivity index (χ4n) is 1.84. The van der Waals surface area contributed by atoms with Crippen molar-refractivity contribution >= 4 is 52.8 Å². The summed E-state index contributed by atoms with van der Waals surface area (Å²) in [5.74, 6) is 0.899. The van der Waals surface area contributed by atoms with E-state index in [1.807, 2.05) is 18.2 Å². The highest BCUT2D eigenvalue weighted by molar-refractivity contribution is 8.01. The minimum atomic E-state index is -0.0874. The number of halogens is 1. The van der Waals surface area contributed by atoms with Crippen LogP contribution in [-0.2, 0) is 11.3 Å². The summed E-state index contributed by atoms with van der Waals surface area (Å²) >= 11 is 13.9. The lowest BCUT2D eigenvalue weighted by atomic mass is 10.3. The van der Waals surface area contributed by atoms with Crippen molar-refractivity contribution in [2.24, 2.45) is 0 Å². The van der Waals surface area contributed by atoms with E-state index in [9.17, 15) is 4.79 Å². The zero-order valence-electron chi connectivity index (χ0n) is 12.3. The number of hydrogen-bond donors (Lipinski definition) is 1. The number of benzene rings is 1. The summed E-state index contributed by atoms with van der Waals surface area (Å²) in [5, 5.41) is 7.89. The van der Waals surface area contributed by atoms with Gasteiger partial charge in [-0.05, 0) is 48.6 Å². The fourth-order valence-corrected chi connectivity index (χ4v) is 4.16. The molecule has 0 saturated carbocycles. The van der Waals surface area contributed by atoms with Crippen LogP contribution in [-0.4, -0.2) is 21.4 Å². The van der Waals surface area contributed by atoms with Gasteiger partial charge in [-0.3, -0.25) is 4.79 Å². The second-order valence-electron chi connectivity index (χ2n) is 4.67. The summed E-state index contributed by atoms with van der Waals surface area (Å²) in [4.78, 5) is 11.9. The third-order valence-electron chi connectivity index (χ3n) is 2.97. The van der Waals surface area contributed by atoms with Crippen molar-refractivity contribution in [3.05, 3.63) is 57.4 Å². The van der Waals surface area contributed by atoms with Crippen LogP contribution in [0.1, 0.15) is 5.76 Å². The molecule has 1 amide bonds. The number of furan rings is 1. The zero-order valence-corrected chi connectivity index (χ0v) is 15.5. The van der Waals surface area contributed by atoms with E-state index in [0.717, 1.165) is 15.8 Å². The van der Waals surface area contributed by atoms with Crippen molar-refractivity contribution in [3.8, 4) is 5.69 Å². The molecular formula is C15H12ClN3O2S3. The van der Waals surface area contributed by atoms with Crippen LogP contribution in [0.25, 0.3) is 5.69 Å². The van der Waals surface area contributed by atoms with Gasteiger partial charge < -0.3 is 9.73 Å². The maximum Gasteiger partial charge on any atom is 0.230 e. The van der Waals surface area contributed by atoms with Crippen molar-refractivity contribution < 1.29 is 9.21 Å². The molecule has 5 nitrogen and oxygen atoms in total. The average molecular weight is 398 g/mol. The number of thioether (sulfide) groups is 1. The SMILES string of the molecule is O=C(CSc1nn(-c2ccc(Cl)cc2)c(=S)s1)NCc1ccco1. The van der Waals surface area contributed by atoms with E-state index in [-0.39, 0.29) is 11.7 Å². The molecule has 0 unspecified atom stereocenters. The quantitative estimate of drug-likeness (QED) is 0.495. The van der Waals surface area contributed by atoms with E-state index in [2.05, 4.69) is 10.4 Å². The highest BCUT2D eigenvalue weighted by Gasteiger charge is 2.09. The third-order valence-corrected chi connectivity index (χ3v) is 5.58. The third kappa shape index (κ3) is 4.47. The summed E-state index contributed by atoms with van der Waals surface area (Å²) in [7, 11) is 0. The molecule has 0 atom stereocenters. The zero-order chi connectivity index (χ0) is 16.9.